The van der Waals surface area contributed by atoms with E-state index in [2.05, 4.69) is 26.1 Å². The zero-order valence-corrected chi connectivity index (χ0v) is 10.6. The fourth-order valence-electron chi connectivity index (χ4n) is 1.07. The maximum Gasteiger partial charge on any atom is 0.282 e. The van der Waals surface area contributed by atoms with Gasteiger partial charge in [-0.2, -0.15) is 0 Å². The molecular weight excluding hydrogens is 242 g/mol. The lowest BCUT2D eigenvalue weighted by atomic mass is 10.4. The Balaban J connectivity index is 2.32. The van der Waals surface area contributed by atoms with Gasteiger partial charge in [0.25, 0.3) is 5.91 Å². The molecule has 8 heteroatoms. The number of hydrogen-bond acceptors (Lipinski definition) is 6. The fourth-order valence-corrected chi connectivity index (χ4v) is 1.68. The second-order valence-electron chi connectivity index (χ2n) is 3.12. The molecule has 0 aliphatic heterocycles. The van der Waals surface area contributed by atoms with Crippen LogP contribution < -0.4 is 16.0 Å². The Morgan fingerprint density at radius 3 is 2.65 bits per heavy atom. The summed E-state index contributed by atoms with van der Waals surface area (Å²) in [6.07, 6.45) is 0.261. The maximum atomic E-state index is 11.6. The van der Waals surface area contributed by atoms with Crippen molar-refractivity contribution in [3.8, 4) is 0 Å². The first-order valence-corrected chi connectivity index (χ1v) is 6.05. The topological polar surface area (TPSA) is 96.0 Å². The number of carbonyl (C=O) groups is 2. The van der Waals surface area contributed by atoms with E-state index in [0.717, 1.165) is 11.3 Å². The zero-order valence-electron chi connectivity index (χ0n) is 9.74. The summed E-state index contributed by atoms with van der Waals surface area (Å²) in [5, 5.41) is 16.4. The first kappa shape index (κ1) is 13.4. The molecule has 0 bridgehead atoms. The molecule has 3 N–H and O–H groups in total. The van der Waals surface area contributed by atoms with Crippen LogP contribution in [0.1, 0.15) is 23.1 Å². The lowest BCUT2D eigenvalue weighted by Crippen LogP contribution is -2.30. The van der Waals surface area contributed by atoms with Crippen LogP contribution in [0, 0.1) is 0 Å². The molecule has 7 nitrogen and oxygen atoms in total. The Morgan fingerprint density at radius 2 is 2.06 bits per heavy atom. The first-order chi connectivity index (χ1) is 8.17. The smallest absolute Gasteiger partial charge is 0.282 e. The highest BCUT2D eigenvalue weighted by Crippen LogP contribution is 2.13. The highest BCUT2D eigenvalue weighted by molar-refractivity contribution is 7.17. The maximum absolute atomic E-state index is 11.6. The molecule has 0 aliphatic rings. The number of anilines is 1. The Labute approximate surface area is 103 Å². The van der Waals surface area contributed by atoms with E-state index in [0.29, 0.717) is 18.2 Å². The van der Waals surface area contributed by atoms with E-state index >= 15 is 0 Å². The van der Waals surface area contributed by atoms with Crippen molar-refractivity contribution in [2.24, 2.45) is 0 Å². The minimum Gasteiger partial charge on any atom is -0.363 e. The molecule has 0 atom stereocenters. The van der Waals surface area contributed by atoms with Crippen LogP contribution in [0.4, 0.5) is 5.13 Å². The van der Waals surface area contributed by atoms with Crippen molar-refractivity contribution >= 4 is 28.3 Å². The van der Waals surface area contributed by atoms with Gasteiger partial charge in [-0.3, -0.25) is 9.59 Å². The average molecular weight is 257 g/mol. The monoisotopic (exact) mass is 257 g/mol. The second-order valence-corrected chi connectivity index (χ2v) is 4.10. The quantitative estimate of drug-likeness (QED) is 0.658. The third-order valence-electron chi connectivity index (χ3n) is 1.84. The number of amides is 2. The Morgan fingerprint density at radius 1 is 1.29 bits per heavy atom. The third kappa shape index (κ3) is 4.35. The number of aromatic nitrogens is 2. The van der Waals surface area contributed by atoms with Gasteiger partial charge in [0, 0.05) is 26.6 Å². The van der Waals surface area contributed by atoms with E-state index in [1.54, 1.807) is 7.05 Å². The van der Waals surface area contributed by atoms with Gasteiger partial charge >= 0.3 is 0 Å². The highest BCUT2D eigenvalue weighted by atomic mass is 32.1. The third-order valence-corrected chi connectivity index (χ3v) is 2.78. The summed E-state index contributed by atoms with van der Waals surface area (Å²) in [6.45, 7) is 2.73. The second kappa shape index (κ2) is 6.79. The molecule has 1 rings (SSSR count). The highest BCUT2D eigenvalue weighted by Gasteiger charge is 2.11. The number of carbonyl (C=O) groups excluding carboxylic acids is 2. The van der Waals surface area contributed by atoms with E-state index in [1.807, 2.05) is 6.92 Å². The number of rotatable bonds is 6. The van der Waals surface area contributed by atoms with Crippen LogP contribution in [-0.2, 0) is 4.79 Å². The van der Waals surface area contributed by atoms with Gasteiger partial charge in [0.15, 0.2) is 0 Å². The number of nitrogens with zero attached hydrogens (tertiary/aromatic N) is 2. The molecule has 0 unspecified atom stereocenters. The van der Waals surface area contributed by atoms with E-state index in [-0.39, 0.29) is 23.2 Å². The van der Waals surface area contributed by atoms with E-state index in [4.69, 9.17) is 0 Å². The molecule has 0 saturated carbocycles. The summed E-state index contributed by atoms with van der Waals surface area (Å²) < 4.78 is 0. The summed E-state index contributed by atoms with van der Waals surface area (Å²) in [6, 6.07) is 0. The number of hydrogen-bond donors (Lipinski definition) is 3. The molecule has 94 valence electrons. The molecule has 0 aromatic carbocycles. The van der Waals surface area contributed by atoms with Crippen molar-refractivity contribution < 1.29 is 9.59 Å². The molecule has 0 fully saturated rings. The van der Waals surface area contributed by atoms with Crippen LogP contribution in [0.25, 0.3) is 0 Å². The zero-order chi connectivity index (χ0) is 12.7. The van der Waals surface area contributed by atoms with Crippen LogP contribution >= 0.6 is 11.3 Å². The van der Waals surface area contributed by atoms with E-state index in [1.165, 1.54) is 0 Å². The van der Waals surface area contributed by atoms with Crippen LogP contribution in [0.5, 0.6) is 0 Å². The van der Waals surface area contributed by atoms with E-state index < -0.39 is 0 Å². The van der Waals surface area contributed by atoms with E-state index in [9.17, 15) is 9.59 Å². The van der Waals surface area contributed by atoms with Gasteiger partial charge in [0.2, 0.25) is 16.0 Å². The largest absolute Gasteiger partial charge is 0.363 e. The first-order valence-electron chi connectivity index (χ1n) is 5.23. The number of nitrogens with one attached hydrogen (secondary N) is 3. The molecule has 0 spiro atoms. The lowest BCUT2D eigenvalue weighted by Gasteiger charge is -2.02. The SMILES string of the molecule is CCNC(=O)CCNC(=O)c1nnc(NC)s1. The molecule has 17 heavy (non-hydrogen) atoms. The van der Waals surface area contributed by atoms with Crippen molar-refractivity contribution in [2.45, 2.75) is 13.3 Å². The molecule has 1 aromatic heterocycles. The van der Waals surface area contributed by atoms with Gasteiger partial charge in [-0.25, -0.2) is 0 Å². The standard InChI is InChI=1S/C9H15N5O2S/c1-3-11-6(15)4-5-12-7(16)8-13-14-9(10-2)17-8/h3-5H2,1-2H3,(H,10,14)(H,11,15)(H,12,16). The summed E-state index contributed by atoms with van der Waals surface area (Å²) in [5.41, 5.74) is 0. The van der Waals surface area contributed by atoms with Gasteiger partial charge in [0.1, 0.15) is 0 Å². The lowest BCUT2D eigenvalue weighted by molar-refractivity contribution is -0.120. The molecule has 1 heterocycles. The predicted molar refractivity (Wildman–Crippen MR) is 65.1 cm³/mol. The normalized spacial score (nSPS) is 9.76. The van der Waals surface area contributed by atoms with Crippen molar-refractivity contribution in [3.63, 3.8) is 0 Å². The minimum atomic E-state index is -0.312. The Bertz CT molecular complexity index is 392. The Hall–Kier alpha value is -1.70. The molecular formula is C9H15N5O2S. The summed E-state index contributed by atoms with van der Waals surface area (Å²) in [4.78, 5) is 22.7. The van der Waals surface area contributed by atoms with Gasteiger partial charge in [-0.1, -0.05) is 11.3 Å². The summed E-state index contributed by atoms with van der Waals surface area (Å²) in [5.74, 6) is -0.394. The fraction of sp³-hybridized carbons (Fsp3) is 0.556. The van der Waals surface area contributed by atoms with Crippen LogP contribution in [0.3, 0.4) is 0 Å². The van der Waals surface area contributed by atoms with Gasteiger partial charge in [-0.15, -0.1) is 10.2 Å². The van der Waals surface area contributed by atoms with Gasteiger partial charge in [-0.05, 0) is 6.92 Å². The minimum absolute atomic E-state index is 0.0824. The van der Waals surface area contributed by atoms with Crippen molar-refractivity contribution in [2.75, 3.05) is 25.5 Å². The van der Waals surface area contributed by atoms with Crippen LogP contribution in [-0.4, -0.2) is 42.1 Å². The molecule has 1 aromatic rings. The summed E-state index contributed by atoms with van der Waals surface area (Å²) in [7, 11) is 1.71. The van der Waals surface area contributed by atoms with Gasteiger partial charge in [0.05, 0.1) is 0 Å². The molecule has 0 aliphatic carbocycles. The van der Waals surface area contributed by atoms with Crippen molar-refractivity contribution in [3.05, 3.63) is 5.01 Å². The van der Waals surface area contributed by atoms with Crippen LogP contribution in [0.2, 0.25) is 0 Å². The predicted octanol–water partition coefficient (Wildman–Crippen LogP) is -0.164. The average Bonchev–Trinajstić information content (AvgIpc) is 2.77. The summed E-state index contributed by atoms with van der Waals surface area (Å²) >= 11 is 1.16. The van der Waals surface area contributed by atoms with Crippen LogP contribution in [0.15, 0.2) is 0 Å². The van der Waals surface area contributed by atoms with Gasteiger partial charge < -0.3 is 16.0 Å². The molecule has 0 saturated heterocycles. The molecule has 0 radical (unpaired) electrons. The molecule has 2 amide bonds. The van der Waals surface area contributed by atoms with Crippen molar-refractivity contribution in [1.29, 1.82) is 0 Å². The Kier molecular flexibility index (Phi) is 5.34. The van der Waals surface area contributed by atoms with Crippen molar-refractivity contribution in [1.82, 2.24) is 20.8 Å².